The number of amides is 1. The van der Waals surface area contributed by atoms with Crippen molar-refractivity contribution in [1.29, 1.82) is 0 Å². The van der Waals surface area contributed by atoms with E-state index in [4.69, 9.17) is 4.98 Å². The third kappa shape index (κ3) is 3.47. The van der Waals surface area contributed by atoms with Crippen molar-refractivity contribution >= 4 is 23.2 Å². The lowest BCUT2D eigenvalue weighted by Crippen LogP contribution is -2.52. The van der Waals surface area contributed by atoms with E-state index in [-0.39, 0.29) is 11.8 Å². The highest BCUT2D eigenvalue weighted by Crippen LogP contribution is 2.30. The number of rotatable bonds is 5. The minimum absolute atomic E-state index is 0.0420. The SMILES string of the molecule is O=C(Nc1c(-c2ccccc2)nc2ccccn12)C1CN(c2cc(-n3cncn3)ncn2)C1. The summed E-state index contributed by atoms with van der Waals surface area (Å²) in [7, 11) is 0. The highest BCUT2D eigenvalue weighted by Gasteiger charge is 2.34. The first kappa shape index (κ1) is 19.1. The highest BCUT2D eigenvalue weighted by molar-refractivity contribution is 5.97. The number of anilines is 2. The topological polar surface area (TPSA) is 106 Å². The molecule has 1 amide bonds. The lowest BCUT2D eigenvalue weighted by atomic mass is 9.99. The molecule has 5 heterocycles. The molecule has 1 aliphatic heterocycles. The van der Waals surface area contributed by atoms with Crippen LogP contribution in [0.25, 0.3) is 22.7 Å². The molecule has 33 heavy (non-hydrogen) atoms. The van der Waals surface area contributed by atoms with Crippen LogP contribution in [0.1, 0.15) is 0 Å². The second-order valence-corrected chi connectivity index (χ2v) is 7.77. The van der Waals surface area contributed by atoms with E-state index in [0.29, 0.717) is 24.7 Å². The number of carbonyl (C=O) groups excluding carboxylic acids is 1. The fourth-order valence-electron chi connectivity index (χ4n) is 3.92. The van der Waals surface area contributed by atoms with E-state index < -0.39 is 0 Å². The zero-order chi connectivity index (χ0) is 22.2. The number of hydrogen-bond donors (Lipinski definition) is 1. The molecule has 0 aliphatic carbocycles. The first-order valence-corrected chi connectivity index (χ1v) is 10.5. The van der Waals surface area contributed by atoms with Gasteiger partial charge in [-0.1, -0.05) is 36.4 Å². The highest BCUT2D eigenvalue weighted by atomic mass is 16.2. The molecule has 4 aromatic heterocycles. The minimum Gasteiger partial charge on any atom is -0.355 e. The summed E-state index contributed by atoms with van der Waals surface area (Å²) < 4.78 is 3.48. The summed E-state index contributed by atoms with van der Waals surface area (Å²) in [5.41, 5.74) is 2.48. The van der Waals surface area contributed by atoms with Crippen LogP contribution in [-0.4, -0.2) is 53.1 Å². The molecule has 0 bridgehead atoms. The Morgan fingerprint density at radius 2 is 1.79 bits per heavy atom. The number of aromatic nitrogens is 7. The fraction of sp³-hybridized carbons (Fsp3) is 0.130. The van der Waals surface area contributed by atoms with Crippen molar-refractivity contribution in [2.24, 2.45) is 5.92 Å². The molecule has 6 rings (SSSR count). The third-order valence-electron chi connectivity index (χ3n) is 5.69. The smallest absolute Gasteiger partial charge is 0.232 e. The molecule has 5 aromatic rings. The molecule has 1 aliphatic rings. The van der Waals surface area contributed by atoms with Crippen molar-refractivity contribution in [3.63, 3.8) is 0 Å². The van der Waals surface area contributed by atoms with Crippen LogP contribution >= 0.6 is 0 Å². The van der Waals surface area contributed by atoms with Crippen molar-refractivity contribution in [3.05, 3.63) is 79.8 Å². The lowest BCUT2D eigenvalue weighted by molar-refractivity contribution is -0.120. The van der Waals surface area contributed by atoms with Crippen LogP contribution in [0.3, 0.4) is 0 Å². The van der Waals surface area contributed by atoms with Crippen molar-refractivity contribution in [3.8, 4) is 17.1 Å². The average molecular weight is 437 g/mol. The fourth-order valence-corrected chi connectivity index (χ4v) is 3.92. The van der Waals surface area contributed by atoms with E-state index >= 15 is 0 Å². The molecule has 0 saturated carbocycles. The zero-order valence-electron chi connectivity index (χ0n) is 17.5. The van der Waals surface area contributed by atoms with Gasteiger partial charge in [0.1, 0.15) is 42.0 Å². The molecule has 1 N–H and O–H groups in total. The molecule has 0 spiro atoms. The Morgan fingerprint density at radius 1 is 0.970 bits per heavy atom. The number of carbonyl (C=O) groups is 1. The van der Waals surface area contributed by atoms with Gasteiger partial charge in [0.05, 0.1) is 5.92 Å². The van der Waals surface area contributed by atoms with Crippen LogP contribution in [0.4, 0.5) is 11.6 Å². The van der Waals surface area contributed by atoms with E-state index in [0.717, 1.165) is 22.7 Å². The van der Waals surface area contributed by atoms with E-state index in [1.165, 1.54) is 12.7 Å². The van der Waals surface area contributed by atoms with Crippen molar-refractivity contribution in [1.82, 2.24) is 34.1 Å². The Morgan fingerprint density at radius 3 is 2.61 bits per heavy atom. The number of imidazole rings is 1. The van der Waals surface area contributed by atoms with Crippen LogP contribution in [0.15, 0.2) is 79.8 Å². The van der Waals surface area contributed by atoms with Crippen LogP contribution in [0, 0.1) is 5.92 Å². The van der Waals surface area contributed by atoms with Gasteiger partial charge in [-0.05, 0) is 12.1 Å². The number of pyridine rings is 1. The van der Waals surface area contributed by atoms with Crippen molar-refractivity contribution in [2.45, 2.75) is 0 Å². The van der Waals surface area contributed by atoms with Gasteiger partial charge in [-0.3, -0.25) is 9.20 Å². The molecule has 1 fully saturated rings. The largest absolute Gasteiger partial charge is 0.355 e. The predicted octanol–water partition coefficient (Wildman–Crippen LogP) is 2.45. The maximum atomic E-state index is 13.1. The minimum atomic E-state index is -0.160. The van der Waals surface area contributed by atoms with Gasteiger partial charge in [-0.2, -0.15) is 5.10 Å². The molecule has 1 saturated heterocycles. The van der Waals surface area contributed by atoms with Crippen LogP contribution < -0.4 is 10.2 Å². The van der Waals surface area contributed by atoms with Gasteiger partial charge >= 0.3 is 0 Å². The zero-order valence-corrected chi connectivity index (χ0v) is 17.5. The summed E-state index contributed by atoms with van der Waals surface area (Å²) in [6.07, 6.45) is 6.43. The van der Waals surface area contributed by atoms with E-state index in [1.807, 2.05) is 70.1 Å². The summed E-state index contributed by atoms with van der Waals surface area (Å²) in [4.78, 5) is 32.4. The number of nitrogens with one attached hydrogen (secondary N) is 1. The quantitative estimate of drug-likeness (QED) is 0.450. The number of benzene rings is 1. The first-order valence-electron chi connectivity index (χ1n) is 10.5. The lowest BCUT2D eigenvalue weighted by Gasteiger charge is -2.39. The normalized spacial score (nSPS) is 13.8. The van der Waals surface area contributed by atoms with Crippen LogP contribution in [-0.2, 0) is 4.79 Å². The van der Waals surface area contributed by atoms with Gasteiger partial charge in [-0.15, -0.1) is 0 Å². The monoisotopic (exact) mass is 437 g/mol. The maximum Gasteiger partial charge on any atom is 0.232 e. The molecular formula is C23H19N9O. The summed E-state index contributed by atoms with van der Waals surface area (Å²) in [5, 5.41) is 7.22. The molecule has 10 nitrogen and oxygen atoms in total. The summed E-state index contributed by atoms with van der Waals surface area (Å²) in [6, 6.07) is 17.5. The van der Waals surface area contributed by atoms with Crippen LogP contribution in [0.5, 0.6) is 0 Å². The summed E-state index contributed by atoms with van der Waals surface area (Å²) >= 11 is 0. The van der Waals surface area contributed by atoms with E-state index in [2.05, 4.69) is 25.4 Å². The molecular weight excluding hydrogens is 418 g/mol. The predicted molar refractivity (Wildman–Crippen MR) is 122 cm³/mol. The first-order chi connectivity index (χ1) is 16.3. The van der Waals surface area contributed by atoms with E-state index in [9.17, 15) is 4.79 Å². The van der Waals surface area contributed by atoms with Gasteiger partial charge in [0.25, 0.3) is 0 Å². The van der Waals surface area contributed by atoms with Gasteiger partial charge in [0.15, 0.2) is 5.82 Å². The standard InChI is InChI=1S/C23H19N9O/c33-23(17-11-30(12-17)19-10-20(26-14-25-19)32-15-24-13-27-32)29-22-21(16-6-2-1-3-7-16)28-18-8-4-5-9-31(18)22/h1-10,13-15,17H,11-12H2,(H,29,33). The van der Waals surface area contributed by atoms with Crippen molar-refractivity contribution in [2.75, 3.05) is 23.3 Å². The number of fused-ring (bicyclic) bond motifs is 1. The molecule has 10 heteroatoms. The Balaban J connectivity index is 1.21. The molecule has 162 valence electrons. The van der Waals surface area contributed by atoms with E-state index in [1.54, 1.807) is 11.0 Å². The van der Waals surface area contributed by atoms with Gasteiger partial charge in [0.2, 0.25) is 5.91 Å². The van der Waals surface area contributed by atoms with Gasteiger partial charge in [0, 0.05) is 30.9 Å². The Labute approximate surface area is 188 Å². The molecule has 0 radical (unpaired) electrons. The molecule has 0 unspecified atom stereocenters. The van der Waals surface area contributed by atoms with Gasteiger partial charge < -0.3 is 10.2 Å². The Hall–Kier alpha value is -4.60. The second kappa shape index (κ2) is 7.83. The number of hydrogen-bond acceptors (Lipinski definition) is 7. The number of nitrogens with zero attached hydrogens (tertiary/aromatic N) is 8. The van der Waals surface area contributed by atoms with Gasteiger partial charge in [-0.25, -0.2) is 24.6 Å². The summed E-state index contributed by atoms with van der Waals surface area (Å²) in [6.45, 7) is 1.13. The summed E-state index contributed by atoms with van der Waals surface area (Å²) in [5.74, 6) is 1.85. The molecule has 1 aromatic carbocycles. The Kier molecular flexibility index (Phi) is 4.53. The second-order valence-electron chi connectivity index (χ2n) is 7.77. The van der Waals surface area contributed by atoms with Crippen molar-refractivity contribution < 1.29 is 4.79 Å². The van der Waals surface area contributed by atoms with Crippen LogP contribution in [0.2, 0.25) is 0 Å². The molecule has 0 atom stereocenters. The average Bonchev–Trinajstić information content (AvgIpc) is 3.48. The maximum absolute atomic E-state index is 13.1. The third-order valence-corrected chi connectivity index (χ3v) is 5.69. The Bertz CT molecular complexity index is 1420.